The molecule has 0 saturated heterocycles. The highest BCUT2D eigenvalue weighted by atomic mass is 16.5. The van der Waals surface area contributed by atoms with Gasteiger partial charge in [0, 0.05) is 32.3 Å². The quantitative estimate of drug-likeness (QED) is 0.345. The first-order valence-electron chi connectivity index (χ1n) is 10.0. The molecule has 2 aromatic carbocycles. The standard InChI is InChI=1S/C23H33N3O3/c1-5-28-14-15-29-22-16-18(2)6-9-20(22)17-26-23(24-3)25-13-12-19-7-10-21(27-4)11-8-19/h6-11,16H,5,12-15,17H2,1-4H3,(H2,24,25,26). The molecular formula is C23H33N3O3. The minimum absolute atomic E-state index is 0.541. The Bertz CT molecular complexity index is 760. The Morgan fingerprint density at radius 3 is 2.52 bits per heavy atom. The van der Waals surface area contributed by atoms with E-state index in [-0.39, 0.29) is 0 Å². The molecule has 29 heavy (non-hydrogen) atoms. The fourth-order valence-electron chi connectivity index (χ4n) is 2.81. The van der Waals surface area contributed by atoms with Gasteiger partial charge in [-0.05, 0) is 49.6 Å². The van der Waals surface area contributed by atoms with E-state index in [1.165, 1.54) is 11.1 Å². The van der Waals surface area contributed by atoms with E-state index in [1.54, 1.807) is 14.2 Å². The summed E-state index contributed by atoms with van der Waals surface area (Å²) in [7, 11) is 3.45. The summed E-state index contributed by atoms with van der Waals surface area (Å²) in [6.07, 6.45) is 0.904. The minimum atomic E-state index is 0.541. The summed E-state index contributed by atoms with van der Waals surface area (Å²) in [5.74, 6) is 2.52. The van der Waals surface area contributed by atoms with Crippen LogP contribution in [0.5, 0.6) is 11.5 Å². The molecule has 0 spiro atoms. The molecule has 2 rings (SSSR count). The Morgan fingerprint density at radius 1 is 1.03 bits per heavy atom. The van der Waals surface area contributed by atoms with Crippen LogP contribution in [0.25, 0.3) is 0 Å². The van der Waals surface area contributed by atoms with Crippen LogP contribution in [0.1, 0.15) is 23.6 Å². The average molecular weight is 400 g/mol. The highest BCUT2D eigenvalue weighted by Crippen LogP contribution is 2.20. The monoisotopic (exact) mass is 399 g/mol. The summed E-state index contributed by atoms with van der Waals surface area (Å²) < 4.78 is 16.5. The molecule has 6 nitrogen and oxygen atoms in total. The summed E-state index contributed by atoms with van der Waals surface area (Å²) in [6.45, 7) is 7.29. The molecule has 0 radical (unpaired) electrons. The maximum Gasteiger partial charge on any atom is 0.191 e. The molecule has 0 aliphatic heterocycles. The summed E-state index contributed by atoms with van der Waals surface area (Å²) in [5.41, 5.74) is 3.50. The second-order valence-electron chi connectivity index (χ2n) is 6.61. The molecule has 0 aliphatic carbocycles. The lowest BCUT2D eigenvalue weighted by Crippen LogP contribution is -2.37. The lowest BCUT2D eigenvalue weighted by atomic mass is 10.1. The normalized spacial score (nSPS) is 11.2. The highest BCUT2D eigenvalue weighted by molar-refractivity contribution is 5.79. The van der Waals surface area contributed by atoms with Gasteiger partial charge in [-0.15, -0.1) is 0 Å². The lowest BCUT2D eigenvalue weighted by Gasteiger charge is -2.15. The van der Waals surface area contributed by atoms with Crippen LogP contribution in [0.15, 0.2) is 47.5 Å². The number of hydrogen-bond acceptors (Lipinski definition) is 4. The van der Waals surface area contributed by atoms with Crippen LogP contribution < -0.4 is 20.1 Å². The van der Waals surface area contributed by atoms with Gasteiger partial charge in [0.15, 0.2) is 5.96 Å². The molecule has 0 unspecified atom stereocenters. The van der Waals surface area contributed by atoms with Gasteiger partial charge in [0.1, 0.15) is 18.1 Å². The van der Waals surface area contributed by atoms with Gasteiger partial charge in [-0.25, -0.2) is 0 Å². The molecule has 0 fully saturated rings. The van der Waals surface area contributed by atoms with Crippen LogP contribution in [0.4, 0.5) is 0 Å². The second-order valence-corrected chi connectivity index (χ2v) is 6.61. The number of nitrogens with one attached hydrogen (secondary N) is 2. The van der Waals surface area contributed by atoms with Crippen LogP contribution in [-0.2, 0) is 17.7 Å². The Morgan fingerprint density at radius 2 is 1.83 bits per heavy atom. The zero-order chi connectivity index (χ0) is 20.9. The summed E-state index contributed by atoms with van der Waals surface area (Å²) >= 11 is 0. The van der Waals surface area contributed by atoms with Crippen molar-refractivity contribution in [2.45, 2.75) is 26.8 Å². The van der Waals surface area contributed by atoms with E-state index in [4.69, 9.17) is 14.2 Å². The van der Waals surface area contributed by atoms with E-state index in [0.717, 1.165) is 36.0 Å². The van der Waals surface area contributed by atoms with Crippen molar-refractivity contribution in [2.75, 3.05) is 40.5 Å². The van der Waals surface area contributed by atoms with E-state index in [0.29, 0.717) is 26.4 Å². The number of aliphatic imine (C=N–C) groups is 1. The molecule has 0 atom stereocenters. The third kappa shape index (κ3) is 8.03. The largest absolute Gasteiger partial charge is 0.497 e. The number of aryl methyl sites for hydroxylation is 1. The summed E-state index contributed by atoms with van der Waals surface area (Å²) in [6, 6.07) is 14.3. The van der Waals surface area contributed by atoms with Crippen molar-refractivity contribution in [3.8, 4) is 11.5 Å². The predicted octanol–water partition coefficient (Wildman–Crippen LogP) is 3.33. The molecule has 2 aromatic rings. The first kappa shape index (κ1) is 22.6. The zero-order valence-corrected chi connectivity index (χ0v) is 18.0. The van der Waals surface area contributed by atoms with E-state index in [2.05, 4.69) is 52.9 Å². The van der Waals surface area contributed by atoms with Crippen molar-refractivity contribution in [1.82, 2.24) is 10.6 Å². The van der Waals surface area contributed by atoms with Crippen molar-refractivity contribution >= 4 is 5.96 Å². The number of rotatable bonds is 11. The average Bonchev–Trinajstić information content (AvgIpc) is 2.75. The fraction of sp³-hybridized carbons (Fsp3) is 0.435. The van der Waals surface area contributed by atoms with E-state index in [9.17, 15) is 0 Å². The van der Waals surface area contributed by atoms with Crippen LogP contribution >= 0.6 is 0 Å². The molecular weight excluding hydrogens is 366 g/mol. The predicted molar refractivity (Wildman–Crippen MR) is 118 cm³/mol. The summed E-state index contributed by atoms with van der Waals surface area (Å²) in [5, 5.41) is 6.71. The Hall–Kier alpha value is -2.73. The number of benzene rings is 2. The first-order valence-corrected chi connectivity index (χ1v) is 10.0. The second kappa shape index (κ2) is 12.7. The highest BCUT2D eigenvalue weighted by Gasteiger charge is 2.06. The van der Waals surface area contributed by atoms with Gasteiger partial charge < -0.3 is 24.8 Å². The Balaban J connectivity index is 1.83. The maximum atomic E-state index is 5.91. The molecule has 0 amide bonds. The van der Waals surface area contributed by atoms with Crippen LogP contribution in [0.2, 0.25) is 0 Å². The van der Waals surface area contributed by atoms with Gasteiger partial charge >= 0.3 is 0 Å². The van der Waals surface area contributed by atoms with Crippen LogP contribution in [0, 0.1) is 6.92 Å². The number of nitrogens with zero attached hydrogens (tertiary/aromatic N) is 1. The van der Waals surface area contributed by atoms with Crippen LogP contribution in [0.3, 0.4) is 0 Å². The van der Waals surface area contributed by atoms with Gasteiger partial charge in [0.25, 0.3) is 0 Å². The van der Waals surface area contributed by atoms with E-state index in [1.807, 2.05) is 19.1 Å². The zero-order valence-electron chi connectivity index (χ0n) is 18.0. The number of methoxy groups -OCH3 is 1. The van der Waals surface area contributed by atoms with Crippen LogP contribution in [-0.4, -0.2) is 46.5 Å². The van der Waals surface area contributed by atoms with E-state index < -0.39 is 0 Å². The van der Waals surface area contributed by atoms with Gasteiger partial charge in [0.2, 0.25) is 0 Å². The molecule has 0 aromatic heterocycles. The molecule has 2 N–H and O–H groups in total. The minimum Gasteiger partial charge on any atom is -0.497 e. The molecule has 0 heterocycles. The number of hydrogen-bond donors (Lipinski definition) is 2. The van der Waals surface area contributed by atoms with E-state index >= 15 is 0 Å². The Labute approximate surface area is 174 Å². The Kier molecular flexibility index (Phi) is 9.86. The molecule has 6 heteroatoms. The van der Waals surface area contributed by atoms with Crippen molar-refractivity contribution < 1.29 is 14.2 Å². The number of guanidine groups is 1. The SMILES string of the molecule is CCOCCOc1cc(C)ccc1CNC(=NC)NCCc1ccc(OC)cc1. The molecule has 0 bridgehead atoms. The summed E-state index contributed by atoms with van der Waals surface area (Å²) in [4.78, 5) is 4.31. The molecule has 0 saturated carbocycles. The smallest absolute Gasteiger partial charge is 0.191 e. The topological polar surface area (TPSA) is 64.1 Å². The lowest BCUT2D eigenvalue weighted by molar-refractivity contribution is 0.110. The van der Waals surface area contributed by atoms with Gasteiger partial charge in [-0.1, -0.05) is 24.3 Å². The van der Waals surface area contributed by atoms with Crippen molar-refractivity contribution in [1.29, 1.82) is 0 Å². The van der Waals surface area contributed by atoms with Gasteiger partial charge in [-0.3, -0.25) is 4.99 Å². The first-order chi connectivity index (χ1) is 14.2. The van der Waals surface area contributed by atoms with Crippen molar-refractivity contribution in [3.63, 3.8) is 0 Å². The van der Waals surface area contributed by atoms with Gasteiger partial charge in [0.05, 0.1) is 13.7 Å². The fourth-order valence-corrected chi connectivity index (χ4v) is 2.81. The maximum absolute atomic E-state index is 5.91. The molecule has 158 valence electrons. The number of ether oxygens (including phenoxy) is 3. The third-order valence-corrected chi connectivity index (χ3v) is 4.45. The van der Waals surface area contributed by atoms with Crippen molar-refractivity contribution in [2.24, 2.45) is 4.99 Å². The van der Waals surface area contributed by atoms with Crippen molar-refractivity contribution in [3.05, 3.63) is 59.2 Å². The molecule has 0 aliphatic rings. The van der Waals surface area contributed by atoms with Gasteiger partial charge in [-0.2, -0.15) is 0 Å². The third-order valence-electron chi connectivity index (χ3n) is 4.45.